The van der Waals surface area contributed by atoms with Crippen molar-refractivity contribution in [2.75, 3.05) is 53.4 Å². The SMILES string of the molecule is C[N+]1(CCCC[N+]2(C)CCCC2)CCCC1.[Br-].[Br-]. The fraction of sp³-hybridized carbons (Fsp3) is 1.00. The van der Waals surface area contributed by atoms with Gasteiger partial charge in [-0.25, -0.2) is 0 Å². The lowest BCUT2D eigenvalue weighted by Crippen LogP contribution is -3.00. The van der Waals surface area contributed by atoms with E-state index in [1.54, 1.807) is 0 Å². The summed E-state index contributed by atoms with van der Waals surface area (Å²) in [5.41, 5.74) is 0. The summed E-state index contributed by atoms with van der Waals surface area (Å²) >= 11 is 0. The first-order valence-corrected chi connectivity index (χ1v) is 7.29. The summed E-state index contributed by atoms with van der Waals surface area (Å²) in [5, 5.41) is 0. The predicted molar refractivity (Wildman–Crippen MR) is 69.3 cm³/mol. The van der Waals surface area contributed by atoms with Gasteiger partial charge in [-0.05, 0) is 0 Å². The molecule has 2 nitrogen and oxygen atoms in total. The average molecular weight is 386 g/mol. The van der Waals surface area contributed by atoms with Gasteiger partial charge in [0.2, 0.25) is 0 Å². The number of likely N-dealkylation sites (tertiary alicyclic amines) is 2. The molecule has 18 heavy (non-hydrogen) atoms. The van der Waals surface area contributed by atoms with Crippen molar-refractivity contribution in [1.29, 1.82) is 0 Å². The van der Waals surface area contributed by atoms with Crippen molar-refractivity contribution in [1.82, 2.24) is 0 Å². The minimum Gasteiger partial charge on any atom is -1.00 e. The quantitative estimate of drug-likeness (QED) is 0.337. The largest absolute Gasteiger partial charge is 1.00 e. The number of unbranched alkanes of at least 4 members (excludes halogenated alkanes) is 1. The maximum atomic E-state index is 2.46. The zero-order valence-corrected chi connectivity index (χ0v) is 15.3. The summed E-state index contributed by atoms with van der Waals surface area (Å²) < 4.78 is 2.73. The van der Waals surface area contributed by atoms with Gasteiger partial charge < -0.3 is 42.9 Å². The summed E-state index contributed by atoms with van der Waals surface area (Å²) in [7, 11) is 4.91. The molecule has 0 saturated carbocycles. The van der Waals surface area contributed by atoms with Gasteiger partial charge >= 0.3 is 0 Å². The summed E-state index contributed by atoms with van der Waals surface area (Å²) in [5.74, 6) is 0. The van der Waals surface area contributed by atoms with Crippen molar-refractivity contribution in [2.24, 2.45) is 0 Å². The summed E-state index contributed by atoms with van der Waals surface area (Å²) in [6, 6.07) is 0. The Morgan fingerprint density at radius 1 is 0.611 bits per heavy atom. The Morgan fingerprint density at radius 2 is 0.889 bits per heavy atom. The number of halogens is 2. The maximum absolute atomic E-state index is 2.46. The lowest BCUT2D eigenvalue weighted by atomic mass is 10.2. The van der Waals surface area contributed by atoms with Gasteiger partial charge in [-0.2, -0.15) is 0 Å². The molecule has 4 heteroatoms. The van der Waals surface area contributed by atoms with Gasteiger partial charge in [-0.1, -0.05) is 0 Å². The van der Waals surface area contributed by atoms with Gasteiger partial charge in [-0.15, -0.1) is 0 Å². The monoisotopic (exact) mass is 384 g/mol. The Balaban J connectivity index is 0.00000144. The number of nitrogens with zero attached hydrogens (tertiary/aromatic N) is 2. The Bertz CT molecular complexity index is 198. The third-order valence-electron chi connectivity index (χ3n) is 4.94. The van der Waals surface area contributed by atoms with E-state index in [2.05, 4.69) is 14.1 Å². The molecule has 0 aromatic rings. The van der Waals surface area contributed by atoms with Gasteiger partial charge in [0.25, 0.3) is 0 Å². The van der Waals surface area contributed by atoms with E-state index < -0.39 is 0 Å². The minimum atomic E-state index is 0. The van der Waals surface area contributed by atoms with Crippen molar-refractivity contribution < 1.29 is 42.9 Å². The van der Waals surface area contributed by atoms with Crippen LogP contribution in [0.25, 0.3) is 0 Å². The van der Waals surface area contributed by atoms with Crippen LogP contribution in [0.15, 0.2) is 0 Å². The second-order valence-corrected chi connectivity index (χ2v) is 6.70. The van der Waals surface area contributed by atoms with Crippen LogP contribution in [0.2, 0.25) is 0 Å². The molecule has 2 fully saturated rings. The van der Waals surface area contributed by atoms with Crippen molar-refractivity contribution in [2.45, 2.75) is 38.5 Å². The molecule has 2 aliphatic rings. The van der Waals surface area contributed by atoms with Crippen LogP contribution in [0.4, 0.5) is 0 Å². The van der Waals surface area contributed by atoms with E-state index in [0.717, 1.165) is 0 Å². The number of hydrogen-bond donors (Lipinski definition) is 0. The van der Waals surface area contributed by atoms with E-state index in [9.17, 15) is 0 Å². The highest BCUT2D eigenvalue weighted by molar-refractivity contribution is 4.54. The standard InChI is InChI=1S/C14H30N2.2BrH/c1-15(9-3-4-10-15)13-7-8-14-16(2)11-5-6-12-16;;/h3-14H2,1-2H3;2*1H/q+2;;/p-2. The van der Waals surface area contributed by atoms with Crippen molar-refractivity contribution in [3.05, 3.63) is 0 Å². The molecule has 0 atom stereocenters. The predicted octanol–water partition coefficient (Wildman–Crippen LogP) is -3.74. The Kier molecular flexibility index (Phi) is 8.63. The van der Waals surface area contributed by atoms with Gasteiger partial charge in [0.1, 0.15) is 0 Å². The molecule has 110 valence electrons. The summed E-state index contributed by atoms with van der Waals surface area (Å²) in [4.78, 5) is 0. The molecule has 0 unspecified atom stereocenters. The van der Waals surface area contributed by atoms with Crippen LogP contribution in [0.5, 0.6) is 0 Å². The Labute approximate surface area is 134 Å². The van der Waals surface area contributed by atoms with Crippen LogP contribution in [0.3, 0.4) is 0 Å². The molecule has 2 heterocycles. The van der Waals surface area contributed by atoms with E-state index in [1.807, 2.05) is 0 Å². The molecule has 0 radical (unpaired) electrons. The molecule has 0 spiro atoms. The molecular formula is C14H30Br2N2. The van der Waals surface area contributed by atoms with Crippen molar-refractivity contribution in [3.63, 3.8) is 0 Å². The smallest absolute Gasteiger partial charge is 0.0786 e. The van der Waals surface area contributed by atoms with Crippen LogP contribution < -0.4 is 34.0 Å². The third kappa shape index (κ3) is 5.48. The van der Waals surface area contributed by atoms with E-state index in [1.165, 1.54) is 86.8 Å². The van der Waals surface area contributed by atoms with E-state index >= 15 is 0 Å². The Hall–Kier alpha value is 0.880. The zero-order valence-electron chi connectivity index (χ0n) is 12.1. The number of rotatable bonds is 5. The maximum Gasteiger partial charge on any atom is 0.0786 e. The summed E-state index contributed by atoms with van der Waals surface area (Å²) in [6.07, 6.45) is 8.75. The first-order chi connectivity index (χ1) is 7.62. The highest BCUT2D eigenvalue weighted by Gasteiger charge is 2.28. The molecule has 0 amide bonds. The molecule has 2 rings (SSSR count). The molecular weight excluding hydrogens is 356 g/mol. The zero-order chi connectivity index (χ0) is 11.5. The van der Waals surface area contributed by atoms with E-state index in [0.29, 0.717) is 0 Å². The second-order valence-electron chi connectivity index (χ2n) is 6.70. The Morgan fingerprint density at radius 3 is 1.17 bits per heavy atom. The van der Waals surface area contributed by atoms with Gasteiger partial charge in [-0.3, -0.25) is 0 Å². The highest BCUT2D eigenvalue weighted by Crippen LogP contribution is 2.20. The number of hydrogen-bond acceptors (Lipinski definition) is 0. The lowest BCUT2D eigenvalue weighted by molar-refractivity contribution is -0.904. The van der Waals surface area contributed by atoms with Gasteiger partial charge in [0.15, 0.2) is 0 Å². The van der Waals surface area contributed by atoms with Crippen LogP contribution in [0, 0.1) is 0 Å². The van der Waals surface area contributed by atoms with Crippen LogP contribution in [-0.4, -0.2) is 62.3 Å². The van der Waals surface area contributed by atoms with E-state index in [-0.39, 0.29) is 34.0 Å². The lowest BCUT2D eigenvalue weighted by Gasteiger charge is -2.31. The van der Waals surface area contributed by atoms with Crippen LogP contribution in [0.1, 0.15) is 38.5 Å². The average Bonchev–Trinajstić information content (AvgIpc) is 2.84. The molecule has 0 N–H and O–H groups in total. The normalized spacial score (nSPS) is 24.3. The third-order valence-corrected chi connectivity index (χ3v) is 4.94. The van der Waals surface area contributed by atoms with Gasteiger partial charge in [0, 0.05) is 38.5 Å². The molecule has 0 bridgehead atoms. The summed E-state index contributed by atoms with van der Waals surface area (Å²) in [6.45, 7) is 8.61. The number of quaternary nitrogens is 2. The second kappa shape index (κ2) is 8.23. The molecule has 2 aliphatic heterocycles. The highest BCUT2D eigenvalue weighted by atomic mass is 79.9. The molecule has 2 saturated heterocycles. The minimum absolute atomic E-state index is 0. The first kappa shape index (κ1) is 18.9. The molecule has 0 aromatic heterocycles. The van der Waals surface area contributed by atoms with Crippen molar-refractivity contribution >= 4 is 0 Å². The fourth-order valence-electron chi connectivity index (χ4n) is 3.63. The van der Waals surface area contributed by atoms with Crippen LogP contribution >= 0.6 is 0 Å². The van der Waals surface area contributed by atoms with E-state index in [4.69, 9.17) is 0 Å². The van der Waals surface area contributed by atoms with Crippen molar-refractivity contribution in [3.8, 4) is 0 Å². The van der Waals surface area contributed by atoms with Crippen LogP contribution in [-0.2, 0) is 0 Å². The molecule has 0 aromatic carbocycles. The first-order valence-electron chi connectivity index (χ1n) is 7.29. The fourth-order valence-corrected chi connectivity index (χ4v) is 3.63. The molecule has 0 aliphatic carbocycles. The topological polar surface area (TPSA) is 0 Å². The van der Waals surface area contributed by atoms with Gasteiger partial charge in [0.05, 0.1) is 53.4 Å².